The van der Waals surface area contributed by atoms with Gasteiger partial charge in [-0.2, -0.15) is 11.8 Å². The van der Waals surface area contributed by atoms with Crippen LogP contribution in [-0.2, 0) is 11.3 Å². The number of benzene rings is 1. The van der Waals surface area contributed by atoms with Gasteiger partial charge < -0.3 is 5.73 Å². The quantitative estimate of drug-likeness (QED) is 0.501. The first kappa shape index (κ1) is 17.6. The Hall–Kier alpha value is -2.42. The van der Waals surface area contributed by atoms with Gasteiger partial charge in [0.2, 0.25) is 6.41 Å². The molecule has 0 fully saturated rings. The predicted molar refractivity (Wildman–Crippen MR) is 84.4 cm³/mol. The van der Waals surface area contributed by atoms with Crippen LogP contribution < -0.4 is 16.6 Å². The molecule has 4 N–H and O–H groups in total. The first-order chi connectivity index (χ1) is 10.6. The topological polar surface area (TPSA) is 108 Å². The highest BCUT2D eigenvalue weighted by atomic mass is 32.2. The highest BCUT2D eigenvalue weighted by molar-refractivity contribution is 7.98. The van der Waals surface area contributed by atoms with Gasteiger partial charge in [-0.1, -0.05) is 30.3 Å². The van der Waals surface area contributed by atoms with Crippen molar-refractivity contribution in [2.75, 3.05) is 18.6 Å². The van der Waals surface area contributed by atoms with E-state index >= 15 is 0 Å². The Balaban J connectivity index is 2.70. The van der Waals surface area contributed by atoms with Gasteiger partial charge in [0, 0.05) is 5.75 Å². The molecule has 0 radical (unpaired) electrons. The third-order valence-corrected chi connectivity index (χ3v) is 3.24. The number of carbonyl (C=O) groups is 3. The van der Waals surface area contributed by atoms with E-state index < -0.39 is 12.1 Å². The number of amides is 5. The molecule has 0 spiro atoms. The lowest BCUT2D eigenvalue weighted by Crippen LogP contribution is -2.56. The summed E-state index contributed by atoms with van der Waals surface area (Å²) < 4.78 is 0. The lowest BCUT2D eigenvalue weighted by Gasteiger charge is -2.26. The standard InChI is InChI=1S/C13H19N5O3S/c1-22-8-7-17(12(14)20)16-13(21)18(15-10-19)9-11-5-3-2-4-6-11/h2-6,10H,7-9H2,1H3,(H2,14,20)(H,15,19)(H,16,21). The Morgan fingerprint density at radius 2 is 1.95 bits per heavy atom. The monoisotopic (exact) mass is 325 g/mol. The minimum atomic E-state index is -0.770. The summed E-state index contributed by atoms with van der Waals surface area (Å²) in [4.78, 5) is 34.1. The van der Waals surface area contributed by atoms with E-state index in [9.17, 15) is 14.4 Å². The number of hydrogen-bond donors (Lipinski definition) is 3. The number of thioether (sulfide) groups is 1. The zero-order valence-corrected chi connectivity index (χ0v) is 13.0. The molecule has 1 aromatic carbocycles. The van der Waals surface area contributed by atoms with Crippen LogP contribution in [0.4, 0.5) is 9.59 Å². The van der Waals surface area contributed by atoms with Crippen LogP contribution in [0.15, 0.2) is 30.3 Å². The van der Waals surface area contributed by atoms with Crippen molar-refractivity contribution < 1.29 is 14.4 Å². The molecule has 0 unspecified atom stereocenters. The van der Waals surface area contributed by atoms with Gasteiger partial charge in [-0.3, -0.25) is 10.2 Å². The fourth-order valence-corrected chi connectivity index (χ4v) is 1.95. The van der Waals surface area contributed by atoms with Crippen molar-refractivity contribution in [1.29, 1.82) is 0 Å². The number of hydrogen-bond acceptors (Lipinski definition) is 4. The number of hydrazine groups is 2. The highest BCUT2D eigenvalue weighted by Crippen LogP contribution is 2.03. The molecule has 22 heavy (non-hydrogen) atoms. The molecule has 0 saturated heterocycles. The normalized spacial score (nSPS) is 9.68. The van der Waals surface area contributed by atoms with Gasteiger partial charge in [0.05, 0.1) is 13.1 Å². The van der Waals surface area contributed by atoms with Crippen molar-refractivity contribution in [3.8, 4) is 0 Å². The second-order valence-electron chi connectivity index (χ2n) is 4.22. The fraction of sp³-hybridized carbons (Fsp3) is 0.308. The summed E-state index contributed by atoms with van der Waals surface area (Å²) >= 11 is 1.51. The van der Waals surface area contributed by atoms with Gasteiger partial charge in [-0.05, 0) is 11.8 Å². The predicted octanol–water partition coefficient (Wildman–Crippen LogP) is 0.518. The van der Waals surface area contributed by atoms with Crippen LogP contribution in [0.1, 0.15) is 5.56 Å². The number of nitrogens with one attached hydrogen (secondary N) is 2. The number of rotatable bonds is 7. The molecule has 0 atom stereocenters. The summed E-state index contributed by atoms with van der Waals surface area (Å²) in [5.41, 5.74) is 10.7. The van der Waals surface area contributed by atoms with Crippen molar-refractivity contribution in [3.05, 3.63) is 35.9 Å². The SMILES string of the molecule is CSCCN(NC(=O)N(Cc1ccccc1)NC=O)C(N)=O. The molecule has 0 aromatic heterocycles. The van der Waals surface area contributed by atoms with Crippen molar-refractivity contribution >= 4 is 30.2 Å². The van der Waals surface area contributed by atoms with Crippen molar-refractivity contribution in [2.45, 2.75) is 6.54 Å². The Bertz CT molecular complexity index is 500. The highest BCUT2D eigenvalue weighted by Gasteiger charge is 2.18. The van der Waals surface area contributed by atoms with Crippen LogP contribution in [0.25, 0.3) is 0 Å². The summed E-state index contributed by atoms with van der Waals surface area (Å²) in [6.45, 7) is 0.420. The molecule has 9 heteroatoms. The van der Waals surface area contributed by atoms with E-state index in [1.165, 1.54) is 11.8 Å². The number of nitrogens with two attached hydrogens (primary N) is 1. The number of primary amides is 1. The average Bonchev–Trinajstić information content (AvgIpc) is 2.51. The third-order valence-electron chi connectivity index (χ3n) is 2.65. The van der Waals surface area contributed by atoms with E-state index in [-0.39, 0.29) is 13.1 Å². The molecule has 120 valence electrons. The minimum absolute atomic E-state index is 0.153. The molecule has 0 aliphatic rings. The summed E-state index contributed by atoms with van der Waals surface area (Å²) in [6, 6.07) is 7.68. The Morgan fingerprint density at radius 1 is 1.27 bits per heavy atom. The largest absolute Gasteiger partial charge is 0.355 e. The van der Waals surface area contributed by atoms with E-state index in [4.69, 9.17) is 5.73 Å². The van der Waals surface area contributed by atoms with Gasteiger partial charge in [-0.15, -0.1) is 0 Å². The maximum Gasteiger partial charge on any atom is 0.355 e. The molecule has 0 aliphatic heterocycles. The summed E-state index contributed by atoms with van der Waals surface area (Å²) in [6.07, 6.45) is 2.26. The first-order valence-corrected chi connectivity index (χ1v) is 7.85. The maximum absolute atomic E-state index is 12.2. The number of nitrogens with zero attached hydrogens (tertiary/aromatic N) is 2. The van der Waals surface area contributed by atoms with Crippen molar-refractivity contribution in [1.82, 2.24) is 20.9 Å². The zero-order chi connectivity index (χ0) is 16.4. The van der Waals surface area contributed by atoms with Gasteiger partial charge in [0.15, 0.2) is 0 Å². The van der Waals surface area contributed by atoms with Gasteiger partial charge in [0.1, 0.15) is 0 Å². The molecule has 5 amide bonds. The van der Waals surface area contributed by atoms with Crippen LogP contribution >= 0.6 is 11.8 Å². The van der Waals surface area contributed by atoms with Crippen molar-refractivity contribution in [3.63, 3.8) is 0 Å². The van der Waals surface area contributed by atoms with E-state index in [1.807, 2.05) is 36.6 Å². The van der Waals surface area contributed by atoms with E-state index in [0.717, 1.165) is 15.6 Å². The Morgan fingerprint density at radius 3 is 2.50 bits per heavy atom. The maximum atomic E-state index is 12.2. The van der Waals surface area contributed by atoms with Crippen molar-refractivity contribution in [2.24, 2.45) is 5.73 Å². The van der Waals surface area contributed by atoms with Crippen LogP contribution in [0.2, 0.25) is 0 Å². The molecule has 1 aromatic rings. The molecule has 1 rings (SSSR count). The fourth-order valence-electron chi connectivity index (χ4n) is 1.59. The Kier molecular flexibility index (Phi) is 7.62. The summed E-state index contributed by atoms with van der Waals surface area (Å²) in [7, 11) is 0. The second kappa shape index (κ2) is 9.50. The molecule has 0 heterocycles. The number of urea groups is 2. The van der Waals surface area contributed by atoms with E-state index in [1.54, 1.807) is 0 Å². The van der Waals surface area contributed by atoms with Gasteiger partial charge in [0.25, 0.3) is 0 Å². The second-order valence-corrected chi connectivity index (χ2v) is 5.20. The lowest BCUT2D eigenvalue weighted by atomic mass is 10.2. The summed E-state index contributed by atoms with van der Waals surface area (Å²) in [5.74, 6) is 0.614. The minimum Gasteiger partial charge on any atom is -0.350 e. The first-order valence-electron chi connectivity index (χ1n) is 6.46. The molecule has 0 saturated carbocycles. The number of carbonyl (C=O) groups excluding carboxylic acids is 3. The molecular weight excluding hydrogens is 306 g/mol. The van der Waals surface area contributed by atoms with Crippen LogP contribution in [0.5, 0.6) is 0 Å². The zero-order valence-electron chi connectivity index (χ0n) is 12.2. The smallest absolute Gasteiger partial charge is 0.350 e. The van der Waals surface area contributed by atoms with E-state index in [2.05, 4.69) is 10.9 Å². The van der Waals surface area contributed by atoms with Crippen LogP contribution in [0, 0.1) is 0 Å². The van der Waals surface area contributed by atoms with Crippen LogP contribution in [-0.4, -0.2) is 47.0 Å². The summed E-state index contributed by atoms with van der Waals surface area (Å²) in [5, 5.41) is 2.06. The van der Waals surface area contributed by atoms with E-state index in [0.29, 0.717) is 12.2 Å². The molecule has 8 nitrogen and oxygen atoms in total. The third kappa shape index (κ3) is 5.92. The van der Waals surface area contributed by atoms with Gasteiger partial charge >= 0.3 is 12.1 Å². The Labute approximate surface area is 132 Å². The van der Waals surface area contributed by atoms with Gasteiger partial charge in [-0.25, -0.2) is 25.0 Å². The molecule has 0 aliphatic carbocycles. The molecule has 0 bridgehead atoms. The lowest BCUT2D eigenvalue weighted by molar-refractivity contribution is -0.113. The molecular formula is C13H19N5O3S. The average molecular weight is 325 g/mol. The van der Waals surface area contributed by atoms with Crippen LogP contribution in [0.3, 0.4) is 0 Å².